The first-order valence-corrected chi connectivity index (χ1v) is 9.36. The van der Waals surface area contributed by atoms with Gasteiger partial charge in [-0.15, -0.1) is 0 Å². The smallest absolute Gasteiger partial charge is 0.178 e. The molecule has 0 fully saturated rings. The van der Waals surface area contributed by atoms with E-state index >= 15 is 0 Å². The minimum absolute atomic E-state index is 0.417. The molecule has 0 saturated heterocycles. The van der Waals surface area contributed by atoms with Gasteiger partial charge >= 0.3 is 0 Å². The zero-order valence-corrected chi connectivity index (χ0v) is 16.4. The standard InChI is InChI=1S/C22H31NO4/c1-22(2,26)13-4-5-14-23(3)19-7-6-8-20(15-19)27-16-17-9-11-18(12-10-17)21(24)25/h6-12,15,21,24-26H,4-5,13-14,16H2,1-3H3. The molecular weight excluding hydrogens is 342 g/mol. The van der Waals surface area contributed by atoms with Crippen LogP contribution >= 0.6 is 0 Å². The van der Waals surface area contributed by atoms with Crippen LogP contribution in [0, 0.1) is 0 Å². The summed E-state index contributed by atoms with van der Waals surface area (Å²) in [6, 6.07) is 15.0. The Morgan fingerprint density at radius 2 is 1.74 bits per heavy atom. The Kier molecular flexibility index (Phi) is 7.66. The third-order valence-corrected chi connectivity index (χ3v) is 4.47. The van der Waals surface area contributed by atoms with E-state index in [-0.39, 0.29) is 0 Å². The highest BCUT2D eigenvalue weighted by Crippen LogP contribution is 2.22. The second-order valence-electron chi connectivity index (χ2n) is 7.59. The Morgan fingerprint density at radius 3 is 2.37 bits per heavy atom. The summed E-state index contributed by atoms with van der Waals surface area (Å²) in [4.78, 5) is 2.19. The van der Waals surface area contributed by atoms with Gasteiger partial charge in [0.15, 0.2) is 6.29 Å². The maximum atomic E-state index is 9.78. The molecule has 3 N–H and O–H groups in total. The summed E-state index contributed by atoms with van der Waals surface area (Å²) in [5.74, 6) is 0.794. The van der Waals surface area contributed by atoms with Crippen LogP contribution in [0.5, 0.6) is 5.75 Å². The molecule has 2 rings (SSSR count). The Hall–Kier alpha value is -2.08. The van der Waals surface area contributed by atoms with Gasteiger partial charge in [-0.25, -0.2) is 0 Å². The molecule has 5 heteroatoms. The fraction of sp³-hybridized carbons (Fsp3) is 0.455. The molecule has 0 spiro atoms. The van der Waals surface area contributed by atoms with Gasteiger partial charge < -0.3 is 25.0 Å². The van der Waals surface area contributed by atoms with Gasteiger partial charge in [-0.2, -0.15) is 0 Å². The zero-order chi connectivity index (χ0) is 19.9. The van der Waals surface area contributed by atoms with Gasteiger partial charge in [-0.05, 0) is 50.8 Å². The number of nitrogens with zero attached hydrogens (tertiary/aromatic N) is 1. The molecule has 0 heterocycles. The van der Waals surface area contributed by atoms with E-state index in [0.717, 1.165) is 42.8 Å². The normalized spacial score (nSPS) is 11.7. The number of anilines is 1. The molecule has 0 aliphatic rings. The molecule has 0 aromatic heterocycles. The Morgan fingerprint density at radius 1 is 1.04 bits per heavy atom. The van der Waals surface area contributed by atoms with E-state index in [1.54, 1.807) is 12.1 Å². The highest BCUT2D eigenvalue weighted by Gasteiger charge is 2.11. The third kappa shape index (κ3) is 7.59. The number of hydrogen-bond donors (Lipinski definition) is 3. The SMILES string of the molecule is CN(CCCCC(C)(C)O)c1cccc(OCc2ccc(C(O)O)cc2)c1. The van der Waals surface area contributed by atoms with Gasteiger partial charge in [-0.1, -0.05) is 30.3 Å². The molecule has 0 aliphatic carbocycles. The van der Waals surface area contributed by atoms with Gasteiger partial charge in [0.1, 0.15) is 12.4 Å². The summed E-state index contributed by atoms with van der Waals surface area (Å²) in [6.45, 7) is 5.03. The first kappa shape index (κ1) is 21.2. The highest BCUT2D eigenvalue weighted by atomic mass is 16.5. The van der Waals surface area contributed by atoms with Crippen molar-refractivity contribution in [3.63, 3.8) is 0 Å². The largest absolute Gasteiger partial charge is 0.489 e. The second kappa shape index (κ2) is 9.74. The summed E-state index contributed by atoms with van der Waals surface area (Å²) >= 11 is 0. The van der Waals surface area contributed by atoms with Crippen LogP contribution in [0.25, 0.3) is 0 Å². The lowest BCUT2D eigenvalue weighted by Gasteiger charge is -2.21. The van der Waals surface area contributed by atoms with Crippen molar-refractivity contribution < 1.29 is 20.1 Å². The van der Waals surface area contributed by atoms with E-state index in [2.05, 4.69) is 18.0 Å². The predicted molar refractivity (Wildman–Crippen MR) is 108 cm³/mol. The van der Waals surface area contributed by atoms with E-state index in [1.165, 1.54) is 0 Å². The average Bonchev–Trinajstić information content (AvgIpc) is 2.63. The van der Waals surface area contributed by atoms with Crippen LogP contribution in [0.2, 0.25) is 0 Å². The Labute approximate surface area is 161 Å². The number of unbranched alkanes of at least 4 members (excludes halogenated alkanes) is 1. The number of benzene rings is 2. The molecule has 0 saturated carbocycles. The monoisotopic (exact) mass is 373 g/mol. The van der Waals surface area contributed by atoms with Crippen molar-refractivity contribution in [2.24, 2.45) is 0 Å². The van der Waals surface area contributed by atoms with Crippen LogP contribution in [0.4, 0.5) is 5.69 Å². The van der Waals surface area contributed by atoms with Crippen LogP contribution in [0.1, 0.15) is 50.5 Å². The summed E-state index contributed by atoms with van der Waals surface area (Å²) in [5.41, 5.74) is 1.92. The maximum Gasteiger partial charge on any atom is 0.178 e. The minimum atomic E-state index is -1.45. The van der Waals surface area contributed by atoms with E-state index in [1.807, 2.05) is 44.2 Å². The quantitative estimate of drug-likeness (QED) is 0.438. The van der Waals surface area contributed by atoms with Gasteiger partial charge in [-0.3, -0.25) is 0 Å². The molecule has 0 bridgehead atoms. The highest BCUT2D eigenvalue weighted by molar-refractivity contribution is 5.50. The number of hydrogen-bond acceptors (Lipinski definition) is 5. The second-order valence-corrected chi connectivity index (χ2v) is 7.59. The summed E-state index contributed by atoms with van der Waals surface area (Å²) in [7, 11) is 2.06. The van der Waals surface area contributed by atoms with Crippen molar-refractivity contribution in [2.75, 3.05) is 18.5 Å². The minimum Gasteiger partial charge on any atom is -0.489 e. The lowest BCUT2D eigenvalue weighted by atomic mass is 10.0. The van der Waals surface area contributed by atoms with Gasteiger partial charge in [0, 0.05) is 30.9 Å². The fourth-order valence-corrected chi connectivity index (χ4v) is 2.80. The number of aliphatic hydroxyl groups is 3. The van der Waals surface area contributed by atoms with Crippen LogP contribution in [0.3, 0.4) is 0 Å². The number of ether oxygens (including phenoxy) is 1. The van der Waals surface area contributed by atoms with Crippen molar-refractivity contribution in [1.82, 2.24) is 0 Å². The van der Waals surface area contributed by atoms with Gasteiger partial charge in [0.05, 0.1) is 5.60 Å². The van der Waals surface area contributed by atoms with E-state index in [9.17, 15) is 5.11 Å². The lowest BCUT2D eigenvalue weighted by Crippen LogP contribution is -2.21. The predicted octanol–water partition coefficient (Wildman–Crippen LogP) is 3.63. The number of aliphatic hydroxyl groups excluding tert-OH is 1. The molecule has 0 aliphatic heterocycles. The van der Waals surface area contributed by atoms with Gasteiger partial charge in [0.25, 0.3) is 0 Å². The van der Waals surface area contributed by atoms with Crippen molar-refractivity contribution in [3.8, 4) is 5.75 Å². The molecular formula is C22H31NO4. The molecule has 148 valence electrons. The van der Waals surface area contributed by atoms with E-state index in [4.69, 9.17) is 14.9 Å². The van der Waals surface area contributed by atoms with Crippen molar-refractivity contribution in [3.05, 3.63) is 59.7 Å². The first-order valence-electron chi connectivity index (χ1n) is 9.36. The fourth-order valence-electron chi connectivity index (χ4n) is 2.80. The molecule has 0 radical (unpaired) electrons. The topological polar surface area (TPSA) is 73.2 Å². The molecule has 27 heavy (non-hydrogen) atoms. The molecule has 2 aromatic carbocycles. The van der Waals surface area contributed by atoms with Crippen LogP contribution in [-0.2, 0) is 6.61 Å². The van der Waals surface area contributed by atoms with E-state index < -0.39 is 11.9 Å². The molecule has 0 unspecified atom stereocenters. The average molecular weight is 373 g/mol. The molecule has 0 atom stereocenters. The maximum absolute atomic E-state index is 9.78. The van der Waals surface area contributed by atoms with Crippen molar-refractivity contribution in [2.45, 2.75) is 51.6 Å². The first-order chi connectivity index (χ1) is 12.7. The third-order valence-electron chi connectivity index (χ3n) is 4.47. The Balaban J connectivity index is 1.85. The van der Waals surface area contributed by atoms with Crippen LogP contribution in [-0.4, -0.2) is 34.5 Å². The summed E-state index contributed by atoms with van der Waals surface area (Å²) in [6.07, 6.45) is 1.36. The molecule has 5 nitrogen and oxygen atoms in total. The summed E-state index contributed by atoms with van der Waals surface area (Å²) < 4.78 is 5.87. The zero-order valence-electron chi connectivity index (χ0n) is 16.4. The summed E-state index contributed by atoms with van der Waals surface area (Å²) in [5, 5.41) is 28.0. The Bertz CT molecular complexity index is 692. The molecule has 0 amide bonds. The van der Waals surface area contributed by atoms with Crippen molar-refractivity contribution >= 4 is 5.69 Å². The van der Waals surface area contributed by atoms with Crippen LogP contribution in [0.15, 0.2) is 48.5 Å². The molecule has 2 aromatic rings. The van der Waals surface area contributed by atoms with E-state index in [0.29, 0.717) is 12.2 Å². The lowest BCUT2D eigenvalue weighted by molar-refractivity contribution is -0.0425. The number of rotatable bonds is 10. The van der Waals surface area contributed by atoms with Gasteiger partial charge in [0.2, 0.25) is 0 Å². The van der Waals surface area contributed by atoms with Crippen LogP contribution < -0.4 is 9.64 Å². The van der Waals surface area contributed by atoms with Crippen molar-refractivity contribution in [1.29, 1.82) is 0 Å².